The van der Waals surface area contributed by atoms with E-state index in [1.807, 2.05) is 36.4 Å². The molecular weight excluding hydrogens is 442 g/mol. The number of carbonyl (C=O) groups excluding carboxylic acids is 2. The molecule has 1 atom stereocenters. The van der Waals surface area contributed by atoms with Gasteiger partial charge in [-0.15, -0.1) is 0 Å². The van der Waals surface area contributed by atoms with Crippen molar-refractivity contribution in [3.05, 3.63) is 72.3 Å². The average Bonchev–Trinajstić information content (AvgIpc) is 2.82. The molecule has 0 aliphatic carbocycles. The molecule has 0 aromatic heterocycles. The van der Waals surface area contributed by atoms with E-state index in [1.54, 1.807) is 44.4 Å². The smallest absolute Gasteiger partial charge is 0.279 e. The van der Waals surface area contributed by atoms with Gasteiger partial charge in [0.05, 0.1) is 12.2 Å². The van der Waals surface area contributed by atoms with Crippen molar-refractivity contribution in [2.24, 2.45) is 0 Å². The van der Waals surface area contributed by atoms with Gasteiger partial charge < -0.3 is 14.2 Å². The number of benzene rings is 3. The number of nitrogens with one attached hydrogen (secondary N) is 3. The third-order valence-electron chi connectivity index (χ3n) is 4.61. The summed E-state index contributed by atoms with van der Waals surface area (Å²) < 4.78 is 16.2. The highest BCUT2D eigenvalue weighted by Gasteiger charge is 2.17. The molecular formula is C24H25N3O5S. The number of rotatable bonds is 8. The largest absolute Gasteiger partial charge is 0.490 e. The van der Waals surface area contributed by atoms with Gasteiger partial charge >= 0.3 is 0 Å². The summed E-state index contributed by atoms with van der Waals surface area (Å²) in [6, 6.07) is 20.2. The molecule has 0 radical (unpaired) electrons. The van der Waals surface area contributed by atoms with Gasteiger partial charge in [-0.05, 0) is 54.2 Å². The van der Waals surface area contributed by atoms with Gasteiger partial charge in [0.15, 0.2) is 11.2 Å². The minimum absolute atomic E-state index is 0.0713. The Labute approximate surface area is 197 Å². The van der Waals surface area contributed by atoms with Crippen molar-refractivity contribution in [2.45, 2.75) is 13.0 Å². The molecule has 0 saturated heterocycles. The second kappa shape index (κ2) is 11.8. The lowest BCUT2D eigenvalue weighted by Crippen LogP contribution is -2.51. The van der Waals surface area contributed by atoms with Gasteiger partial charge in [-0.25, -0.2) is 0 Å². The molecule has 0 aliphatic heterocycles. The predicted molar refractivity (Wildman–Crippen MR) is 129 cm³/mol. The molecule has 0 spiro atoms. The summed E-state index contributed by atoms with van der Waals surface area (Å²) in [5.74, 6) is 0.0342. The second-order valence-electron chi connectivity index (χ2n) is 7.00. The Bertz CT molecular complexity index is 1140. The van der Waals surface area contributed by atoms with Gasteiger partial charge in [-0.2, -0.15) is 0 Å². The van der Waals surface area contributed by atoms with Crippen molar-refractivity contribution in [1.29, 1.82) is 0 Å². The maximum Gasteiger partial charge on any atom is 0.279 e. The van der Waals surface area contributed by atoms with Crippen LogP contribution in [0, 0.1) is 0 Å². The molecule has 0 bridgehead atoms. The van der Waals surface area contributed by atoms with Crippen molar-refractivity contribution in [3.8, 4) is 11.5 Å². The monoisotopic (exact) mass is 467 g/mol. The van der Waals surface area contributed by atoms with Crippen molar-refractivity contribution in [3.63, 3.8) is 0 Å². The van der Waals surface area contributed by atoms with Gasteiger partial charge in [-0.3, -0.25) is 25.8 Å². The molecule has 3 aromatic carbocycles. The first-order valence-corrected chi connectivity index (χ1v) is 10.7. The highest BCUT2D eigenvalue weighted by molar-refractivity contribution is 7.80. The Morgan fingerprint density at radius 1 is 0.939 bits per heavy atom. The van der Waals surface area contributed by atoms with Gasteiger partial charge in [0.1, 0.15) is 18.1 Å². The quantitative estimate of drug-likeness (QED) is 0.266. The normalized spacial score (nSPS) is 11.3. The molecule has 0 fully saturated rings. The minimum Gasteiger partial charge on any atom is -0.490 e. The van der Waals surface area contributed by atoms with Gasteiger partial charge in [0.2, 0.25) is 0 Å². The van der Waals surface area contributed by atoms with Crippen LogP contribution in [0.4, 0.5) is 0 Å². The number of hydrogen-bond acceptors (Lipinski definition) is 6. The zero-order chi connectivity index (χ0) is 23.6. The van der Waals surface area contributed by atoms with Crippen molar-refractivity contribution < 1.29 is 23.8 Å². The Hall–Kier alpha value is -3.69. The van der Waals surface area contributed by atoms with Crippen LogP contribution in [0.3, 0.4) is 0 Å². The standard InChI is InChI=1S/C24H25N3O5S/c1-16(32-19-12-11-17-7-3-4-8-18(17)15-19)22(28)26-27-24(33)25-23(29)20-9-5-6-10-21(20)31-14-13-30-2/h3-12,15-16H,13-14H2,1-2H3,(H,26,28)(H2,25,27,29,33). The highest BCUT2D eigenvalue weighted by atomic mass is 32.1. The van der Waals surface area contributed by atoms with E-state index in [0.29, 0.717) is 30.3 Å². The Kier molecular flexibility index (Phi) is 8.56. The van der Waals surface area contributed by atoms with Gasteiger partial charge in [-0.1, -0.05) is 42.5 Å². The summed E-state index contributed by atoms with van der Waals surface area (Å²) in [4.78, 5) is 24.9. The number of carbonyl (C=O) groups is 2. The summed E-state index contributed by atoms with van der Waals surface area (Å²) in [7, 11) is 1.56. The van der Waals surface area contributed by atoms with E-state index < -0.39 is 17.9 Å². The Balaban J connectivity index is 1.49. The Morgan fingerprint density at radius 3 is 2.45 bits per heavy atom. The fourth-order valence-electron chi connectivity index (χ4n) is 2.94. The number of amides is 2. The van der Waals surface area contributed by atoms with E-state index in [0.717, 1.165) is 10.8 Å². The number of para-hydroxylation sites is 1. The lowest BCUT2D eigenvalue weighted by Gasteiger charge is -2.17. The molecule has 8 nitrogen and oxygen atoms in total. The van der Waals surface area contributed by atoms with E-state index in [1.165, 1.54) is 0 Å². The molecule has 3 aromatic rings. The molecule has 1 unspecified atom stereocenters. The first-order chi connectivity index (χ1) is 16.0. The predicted octanol–water partition coefficient (Wildman–Crippen LogP) is 2.97. The van der Waals surface area contributed by atoms with Crippen LogP contribution in [0.25, 0.3) is 10.8 Å². The lowest BCUT2D eigenvalue weighted by molar-refractivity contribution is -0.127. The molecule has 3 N–H and O–H groups in total. The van der Waals surface area contributed by atoms with Crippen LogP contribution >= 0.6 is 12.2 Å². The van der Waals surface area contributed by atoms with E-state index in [4.69, 9.17) is 26.4 Å². The molecule has 0 heterocycles. The van der Waals surface area contributed by atoms with Crippen LogP contribution in [0.1, 0.15) is 17.3 Å². The Morgan fingerprint density at radius 2 is 1.67 bits per heavy atom. The van der Waals surface area contributed by atoms with Crippen LogP contribution < -0.4 is 25.6 Å². The summed E-state index contributed by atoms with van der Waals surface area (Å²) in [6.45, 7) is 2.30. The van der Waals surface area contributed by atoms with Crippen LogP contribution in [0.15, 0.2) is 66.7 Å². The highest BCUT2D eigenvalue weighted by Crippen LogP contribution is 2.21. The fraction of sp³-hybridized carbons (Fsp3) is 0.208. The zero-order valence-corrected chi connectivity index (χ0v) is 19.1. The number of fused-ring (bicyclic) bond motifs is 1. The van der Waals surface area contributed by atoms with Gasteiger partial charge in [0.25, 0.3) is 11.8 Å². The van der Waals surface area contributed by atoms with E-state index >= 15 is 0 Å². The number of thiocarbonyl (C=S) groups is 1. The molecule has 172 valence electrons. The number of hydrogen-bond donors (Lipinski definition) is 3. The molecule has 0 saturated carbocycles. The third kappa shape index (κ3) is 6.90. The summed E-state index contributed by atoms with van der Waals surface area (Å²) in [5.41, 5.74) is 5.25. The van der Waals surface area contributed by atoms with E-state index in [-0.39, 0.29) is 5.11 Å². The first-order valence-electron chi connectivity index (χ1n) is 10.3. The summed E-state index contributed by atoms with van der Waals surface area (Å²) in [6.07, 6.45) is -0.799. The number of ether oxygens (including phenoxy) is 3. The molecule has 9 heteroatoms. The molecule has 33 heavy (non-hydrogen) atoms. The summed E-state index contributed by atoms with van der Waals surface area (Å²) in [5, 5.41) is 4.52. The molecule has 0 aliphatic rings. The van der Waals surface area contributed by atoms with Crippen LogP contribution in [-0.4, -0.2) is 43.4 Å². The minimum atomic E-state index is -0.799. The number of methoxy groups -OCH3 is 1. The maximum absolute atomic E-state index is 12.5. The number of hydrazine groups is 1. The maximum atomic E-state index is 12.5. The van der Waals surface area contributed by atoms with Gasteiger partial charge in [0, 0.05) is 7.11 Å². The summed E-state index contributed by atoms with van der Waals surface area (Å²) >= 11 is 5.11. The lowest BCUT2D eigenvalue weighted by atomic mass is 10.1. The fourth-order valence-corrected chi connectivity index (χ4v) is 3.08. The first kappa shape index (κ1) is 24.0. The average molecular weight is 468 g/mol. The van der Waals surface area contributed by atoms with E-state index in [2.05, 4.69) is 16.2 Å². The van der Waals surface area contributed by atoms with E-state index in [9.17, 15) is 9.59 Å². The third-order valence-corrected chi connectivity index (χ3v) is 4.81. The van der Waals surface area contributed by atoms with Crippen molar-refractivity contribution in [2.75, 3.05) is 20.3 Å². The van der Waals surface area contributed by atoms with Crippen molar-refractivity contribution in [1.82, 2.24) is 16.2 Å². The van der Waals surface area contributed by atoms with Crippen LogP contribution in [0.5, 0.6) is 11.5 Å². The SMILES string of the molecule is COCCOc1ccccc1C(=O)NC(=S)NNC(=O)C(C)Oc1ccc2ccccc2c1. The van der Waals surface area contributed by atoms with Crippen LogP contribution in [-0.2, 0) is 9.53 Å². The topological polar surface area (TPSA) is 97.9 Å². The second-order valence-corrected chi connectivity index (χ2v) is 7.41. The van der Waals surface area contributed by atoms with Crippen molar-refractivity contribution >= 4 is 39.9 Å². The molecule has 3 rings (SSSR count). The zero-order valence-electron chi connectivity index (χ0n) is 18.3. The molecule has 2 amide bonds. The van der Waals surface area contributed by atoms with Crippen LogP contribution in [0.2, 0.25) is 0 Å².